The normalized spacial score (nSPS) is 12.5. The third kappa shape index (κ3) is 6.31. The largest absolute Gasteiger partial charge is 0.508 e. The minimum Gasteiger partial charge on any atom is -0.508 e. The van der Waals surface area contributed by atoms with Crippen LogP contribution in [0.4, 0.5) is 23.4 Å². The number of phenols is 1. The van der Waals surface area contributed by atoms with Gasteiger partial charge in [0.2, 0.25) is 5.96 Å². The van der Waals surface area contributed by atoms with Gasteiger partial charge in [-0.1, -0.05) is 0 Å². The van der Waals surface area contributed by atoms with Crippen LogP contribution in [-0.2, 0) is 6.18 Å². The van der Waals surface area contributed by atoms with Crippen LogP contribution in [0.1, 0.15) is 36.7 Å². The minimum atomic E-state index is -4.51. The Morgan fingerprint density at radius 3 is 2.30 bits per heavy atom. The van der Waals surface area contributed by atoms with E-state index >= 15 is 0 Å². The maximum absolute atomic E-state index is 14.1. The smallest absolute Gasteiger partial charge is 0.416 e. The average Bonchev–Trinajstić information content (AvgIpc) is 3.14. The second-order valence-corrected chi connectivity index (χ2v) is 8.12. The molecule has 174 valence electrons. The number of carbonyl (C=O) groups excluding carboxylic acids is 1. The highest BCUT2D eigenvalue weighted by molar-refractivity contribution is 6.09. The summed E-state index contributed by atoms with van der Waals surface area (Å²) < 4.78 is 52.4. The van der Waals surface area contributed by atoms with Crippen molar-refractivity contribution in [1.82, 2.24) is 15.5 Å². The fraction of sp³-hybridized carbons (Fsp3) is 0.227. The lowest BCUT2D eigenvalue weighted by atomic mass is 10.1. The molecular weight excluding hydrogens is 442 g/mol. The summed E-state index contributed by atoms with van der Waals surface area (Å²) in [5.74, 6) is -1.37. The Bertz CT molecular complexity index is 1180. The Hall–Kier alpha value is -3.89. The number of nitrogens with zero attached hydrogens (tertiary/aromatic N) is 2. The highest BCUT2D eigenvalue weighted by Crippen LogP contribution is 2.29. The van der Waals surface area contributed by atoms with Crippen molar-refractivity contribution in [2.45, 2.75) is 32.5 Å². The van der Waals surface area contributed by atoms with Gasteiger partial charge in [-0.15, -0.1) is 0 Å². The summed E-state index contributed by atoms with van der Waals surface area (Å²) in [5.41, 5.74) is -1.03. The molecule has 1 amide bonds. The predicted molar refractivity (Wildman–Crippen MR) is 115 cm³/mol. The summed E-state index contributed by atoms with van der Waals surface area (Å²) in [5, 5.41) is 21.4. The van der Waals surface area contributed by atoms with E-state index in [1.54, 1.807) is 20.8 Å². The number of carbonyl (C=O) groups is 1. The van der Waals surface area contributed by atoms with Crippen LogP contribution >= 0.6 is 0 Å². The fourth-order valence-electron chi connectivity index (χ4n) is 2.78. The molecule has 33 heavy (non-hydrogen) atoms. The van der Waals surface area contributed by atoms with Gasteiger partial charge in [0, 0.05) is 23.3 Å². The van der Waals surface area contributed by atoms with Gasteiger partial charge < -0.3 is 10.4 Å². The summed E-state index contributed by atoms with van der Waals surface area (Å²) in [6.45, 7) is 5.34. The summed E-state index contributed by atoms with van der Waals surface area (Å²) in [6, 6.07) is 8.88. The average molecular weight is 463 g/mol. The number of H-pyrrole nitrogens is 1. The van der Waals surface area contributed by atoms with Crippen LogP contribution in [-0.4, -0.2) is 32.7 Å². The zero-order valence-corrected chi connectivity index (χ0v) is 17.9. The number of aromatic amines is 1. The van der Waals surface area contributed by atoms with Crippen LogP contribution < -0.4 is 10.6 Å². The van der Waals surface area contributed by atoms with Gasteiger partial charge in [-0.05, 0) is 57.2 Å². The molecule has 0 saturated heterocycles. The molecule has 2 aromatic carbocycles. The Morgan fingerprint density at radius 1 is 1.06 bits per heavy atom. The summed E-state index contributed by atoms with van der Waals surface area (Å²) in [4.78, 5) is 17.0. The van der Waals surface area contributed by atoms with E-state index in [4.69, 9.17) is 0 Å². The minimum absolute atomic E-state index is 0.000269. The Labute approximate surface area is 186 Å². The highest BCUT2D eigenvalue weighted by atomic mass is 19.4. The number of aromatic nitrogens is 2. The van der Waals surface area contributed by atoms with Gasteiger partial charge in [-0.3, -0.25) is 15.2 Å². The van der Waals surface area contributed by atoms with Crippen LogP contribution in [0.15, 0.2) is 53.5 Å². The molecule has 0 atom stereocenters. The van der Waals surface area contributed by atoms with Gasteiger partial charge in [0.05, 0.1) is 16.8 Å². The van der Waals surface area contributed by atoms with Gasteiger partial charge >= 0.3 is 6.18 Å². The van der Waals surface area contributed by atoms with E-state index in [0.29, 0.717) is 5.69 Å². The second-order valence-electron chi connectivity index (χ2n) is 8.12. The summed E-state index contributed by atoms with van der Waals surface area (Å²) >= 11 is 0. The van der Waals surface area contributed by atoms with E-state index < -0.39 is 29.0 Å². The number of anilines is 1. The topological polar surface area (TPSA) is 102 Å². The first-order valence-electron chi connectivity index (χ1n) is 9.71. The highest BCUT2D eigenvalue weighted by Gasteiger charge is 2.30. The van der Waals surface area contributed by atoms with Crippen molar-refractivity contribution in [2.75, 3.05) is 5.32 Å². The Balaban J connectivity index is 1.81. The number of phenolic OH excluding ortho intramolecular Hbond substituents is 1. The number of hydrogen-bond donors (Lipinski definition) is 4. The van der Waals surface area contributed by atoms with E-state index in [1.165, 1.54) is 18.2 Å². The van der Waals surface area contributed by atoms with Gasteiger partial charge in [0.25, 0.3) is 5.91 Å². The Morgan fingerprint density at radius 2 is 1.73 bits per heavy atom. The molecule has 4 N–H and O–H groups in total. The molecule has 7 nitrogen and oxygen atoms in total. The molecule has 3 rings (SSSR count). The van der Waals surface area contributed by atoms with Crippen LogP contribution in [0.5, 0.6) is 5.75 Å². The molecule has 0 saturated carbocycles. The number of aromatic hydroxyl groups is 1. The van der Waals surface area contributed by atoms with Crippen LogP contribution in [0.3, 0.4) is 0 Å². The van der Waals surface area contributed by atoms with Crippen molar-refractivity contribution in [3.63, 3.8) is 0 Å². The molecule has 0 fully saturated rings. The molecule has 0 aliphatic carbocycles. The van der Waals surface area contributed by atoms with Crippen LogP contribution in [0.2, 0.25) is 0 Å². The van der Waals surface area contributed by atoms with E-state index in [1.807, 2.05) is 0 Å². The zero-order valence-electron chi connectivity index (χ0n) is 17.9. The number of guanidine groups is 1. The maximum Gasteiger partial charge on any atom is 0.416 e. The number of amides is 1. The number of nitrogens with one attached hydrogen (secondary N) is 3. The van der Waals surface area contributed by atoms with Crippen molar-refractivity contribution in [2.24, 2.45) is 4.99 Å². The van der Waals surface area contributed by atoms with E-state index in [0.717, 1.165) is 30.3 Å². The van der Waals surface area contributed by atoms with Crippen molar-refractivity contribution >= 4 is 17.7 Å². The molecular formula is C22H21F4N5O2. The lowest BCUT2D eigenvalue weighted by Gasteiger charge is -2.17. The predicted octanol–water partition coefficient (Wildman–Crippen LogP) is 4.94. The first kappa shape index (κ1) is 23.8. The maximum atomic E-state index is 14.1. The molecule has 1 aromatic heterocycles. The first-order chi connectivity index (χ1) is 15.3. The van der Waals surface area contributed by atoms with Crippen molar-refractivity contribution in [3.05, 3.63) is 65.5 Å². The molecule has 1 heterocycles. The second kappa shape index (κ2) is 8.93. The SMILES string of the molecule is CC(C)(C)N=C(NC(=O)c1ccc(C(F)(F)F)cc1)Nc1cc(-c2ccc(O)cc2F)[nH]n1. The lowest BCUT2D eigenvalue weighted by Crippen LogP contribution is -2.38. The monoisotopic (exact) mass is 463 g/mol. The van der Waals surface area contributed by atoms with Crippen LogP contribution in [0.25, 0.3) is 11.3 Å². The van der Waals surface area contributed by atoms with E-state index in [9.17, 15) is 27.5 Å². The molecule has 0 spiro atoms. The van der Waals surface area contributed by atoms with E-state index in [2.05, 4.69) is 25.8 Å². The summed E-state index contributed by atoms with van der Waals surface area (Å²) in [7, 11) is 0. The zero-order chi connectivity index (χ0) is 24.4. The van der Waals surface area contributed by atoms with Gasteiger partial charge in [0.1, 0.15) is 11.6 Å². The third-order valence-electron chi connectivity index (χ3n) is 4.22. The lowest BCUT2D eigenvalue weighted by molar-refractivity contribution is -0.137. The molecule has 0 radical (unpaired) electrons. The number of alkyl halides is 3. The molecule has 11 heteroatoms. The fourth-order valence-corrected chi connectivity index (χ4v) is 2.78. The molecule has 0 aliphatic heterocycles. The number of benzene rings is 2. The molecule has 0 bridgehead atoms. The third-order valence-corrected chi connectivity index (χ3v) is 4.22. The summed E-state index contributed by atoms with van der Waals surface area (Å²) in [6.07, 6.45) is -4.51. The number of halogens is 4. The van der Waals surface area contributed by atoms with Crippen molar-refractivity contribution in [1.29, 1.82) is 0 Å². The number of rotatable bonds is 3. The molecule has 0 unspecified atom stereocenters. The number of aliphatic imine (C=N–C) groups is 1. The van der Waals surface area contributed by atoms with Gasteiger partial charge in [0.15, 0.2) is 5.82 Å². The van der Waals surface area contributed by atoms with Gasteiger partial charge in [-0.25, -0.2) is 9.38 Å². The first-order valence-corrected chi connectivity index (χ1v) is 9.71. The number of hydrogen-bond acceptors (Lipinski definition) is 4. The van der Waals surface area contributed by atoms with Crippen LogP contribution in [0, 0.1) is 5.82 Å². The van der Waals surface area contributed by atoms with Crippen molar-refractivity contribution < 1.29 is 27.5 Å². The standard InChI is InChI=1S/C22H21F4N5O2/c1-21(2,3)29-20(28-19(33)12-4-6-13(7-5-12)22(24,25)26)27-18-11-17(30-31-18)15-9-8-14(32)10-16(15)23/h4-11,32H,1-3H3,(H3,27,28,29,30,31,33). The van der Waals surface area contributed by atoms with Gasteiger partial charge in [-0.2, -0.15) is 18.3 Å². The molecule has 0 aliphatic rings. The Kier molecular flexibility index (Phi) is 6.43. The molecule has 3 aromatic rings. The van der Waals surface area contributed by atoms with Crippen molar-refractivity contribution in [3.8, 4) is 17.0 Å². The quantitative estimate of drug-likeness (QED) is 0.251. The van der Waals surface area contributed by atoms with E-state index in [-0.39, 0.29) is 28.7 Å².